The van der Waals surface area contributed by atoms with E-state index in [1.807, 2.05) is 0 Å². The number of aryl methyl sites for hydroxylation is 1. The first kappa shape index (κ1) is 16.3. The lowest BCUT2D eigenvalue weighted by Crippen LogP contribution is -2.38. The Labute approximate surface area is 129 Å². The van der Waals surface area contributed by atoms with Crippen molar-refractivity contribution in [3.63, 3.8) is 0 Å². The highest BCUT2D eigenvalue weighted by Gasteiger charge is 2.25. The molecule has 2 rings (SSSR count). The van der Waals surface area contributed by atoms with Crippen LogP contribution in [0.2, 0.25) is 0 Å². The molecular weight excluding hydrogens is 310 g/mol. The maximum absolute atomic E-state index is 12.5. The highest BCUT2D eigenvalue weighted by atomic mass is 32.2. The van der Waals surface area contributed by atoms with Crippen LogP contribution in [0.1, 0.15) is 34.3 Å². The van der Waals surface area contributed by atoms with Gasteiger partial charge >= 0.3 is 5.97 Å². The first-order valence-electron chi connectivity index (χ1n) is 6.76. The molecule has 1 aromatic carbocycles. The van der Waals surface area contributed by atoms with Crippen LogP contribution < -0.4 is 4.72 Å². The summed E-state index contributed by atoms with van der Waals surface area (Å²) in [4.78, 5) is 11.2. The first-order valence-corrected chi connectivity index (χ1v) is 9.39. The summed E-state index contributed by atoms with van der Waals surface area (Å²) < 4.78 is 27.8. The predicted octanol–water partition coefficient (Wildman–Crippen LogP) is 2.18. The number of aromatic carboxylic acids is 1. The minimum atomic E-state index is -3.70. The fraction of sp³-hybridized carbons (Fsp3) is 0.500. The van der Waals surface area contributed by atoms with Crippen molar-refractivity contribution in [2.24, 2.45) is 0 Å². The molecule has 2 N–H and O–H groups in total. The molecular formula is C14H19NO4S2. The molecule has 21 heavy (non-hydrogen) atoms. The van der Waals surface area contributed by atoms with E-state index >= 15 is 0 Å². The molecule has 0 aliphatic carbocycles. The molecule has 0 spiro atoms. The number of carbonyl (C=O) groups is 1. The molecule has 7 heteroatoms. The summed E-state index contributed by atoms with van der Waals surface area (Å²) in [6, 6.07) is 2.65. The molecule has 1 aliphatic heterocycles. The first-order chi connectivity index (χ1) is 9.81. The quantitative estimate of drug-likeness (QED) is 0.884. The third kappa shape index (κ3) is 3.78. The van der Waals surface area contributed by atoms with Gasteiger partial charge in [0.1, 0.15) is 0 Å². The van der Waals surface area contributed by atoms with Crippen LogP contribution in [-0.2, 0) is 10.0 Å². The lowest BCUT2D eigenvalue weighted by atomic mass is 10.1. The number of rotatable bonds is 4. The molecule has 0 bridgehead atoms. The van der Waals surface area contributed by atoms with Crippen LogP contribution in [0.3, 0.4) is 0 Å². The number of thioether (sulfide) groups is 1. The largest absolute Gasteiger partial charge is 0.478 e. The Hall–Kier alpha value is -1.05. The predicted molar refractivity (Wildman–Crippen MR) is 83.5 cm³/mol. The van der Waals surface area contributed by atoms with Crippen LogP contribution in [0.25, 0.3) is 0 Å². The lowest BCUT2D eigenvalue weighted by Gasteiger charge is -2.23. The molecule has 1 unspecified atom stereocenters. The molecule has 1 fully saturated rings. The Balaban J connectivity index is 2.36. The van der Waals surface area contributed by atoms with E-state index < -0.39 is 16.0 Å². The zero-order chi connectivity index (χ0) is 15.6. The topological polar surface area (TPSA) is 83.5 Å². The molecule has 0 aromatic heterocycles. The number of benzene rings is 1. The maximum Gasteiger partial charge on any atom is 0.335 e. The van der Waals surface area contributed by atoms with Crippen LogP contribution in [0.5, 0.6) is 0 Å². The van der Waals surface area contributed by atoms with Gasteiger partial charge in [-0.15, -0.1) is 0 Å². The Bertz CT molecular complexity index is 649. The van der Waals surface area contributed by atoms with Gasteiger partial charge in [-0.25, -0.2) is 17.9 Å². The van der Waals surface area contributed by atoms with Crippen molar-refractivity contribution < 1.29 is 18.3 Å². The van der Waals surface area contributed by atoms with Crippen molar-refractivity contribution in [1.82, 2.24) is 4.72 Å². The fourth-order valence-electron chi connectivity index (χ4n) is 2.35. The number of hydrogen-bond donors (Lipinski definition) is 2. The van der Waals surface area contributed by atoms with E-state index in [2.05, 4.69) is 4.72 Å². The summed E-state index contributed by atoms with van der Waals surface area (Å²) in [7, 11) is -3.70. The van der Waals surface area contributed by atoms with Crippen molar-refractivity contribution in [2.75, 3.05) is 11.5 Å². The molecule has 1 aliphatic rings. The summed E-state index contributed by atoms with van der Waals surface area (Å²) in [5.41, 5.74) is 1.25. The van der Waals surface area contributed by atoms with Gasteiger partial charge in [0.15, 0.2) is 0 Å². The second kappa shape index (κ2) is 6.37. The highest BCUT2D eigenvalue weighted by molar-refractivity contribution is 7.99. The van der Waals surface area contributed by atoms with Gasteiger partial charge in [0.05, 0.1) is 10.5 Å². The molecule has 5 nitrogen and oxygen atoms in total. The van der Waals surface area contributed by atoms with E-state index in [1.54, 1.807) is 25.6 Å². The Kier molecular flexibility index (Phi) is 4.95. The van der Waals surface area contributed by atoms with Gasteiger partial charge in [0.25, 0.3) is 0 Å². The summed E-state index contributed by atoms with van der Waals surface area (Å²) in [6.45, 7) is 3.42. The van der Waals surface area contributed by atoms with E-state index in [1.165, 1.54) is 12.1 Å². The van der Waals surface area contributed by atoms with Crippen LogP contribution in [-0.4, -0.2) is 37.0 Å². The SMILES string of the molecule is Cc1cc(C(=O)O)cc(S(=O)(=O)NC2CCCSC2)c1C. The summed E-state index contributed by atoms with van der Waals surface area (Å²) in [5, 5.41) is 9.09. The maximum atomic E-state index is 12.5. The molecule has 1 aromatic rings. The number of sulfonamides is 1. The summed E-state index contributed by atoms with van der Waals surface area (Å²) >= 11 is 1.73. The van der Waals surface area contributed by atoms with Crippen molar-refractivity contribution in [1.29, 1.82) is 0 Å². The number of carboxylic acid groups (broad SMARTS) is 1. The smallest absolute Gasteiger partial charge is 0.335 e. The fourth-order valence-corrected chi connectivity index (χ4v) is 5.14. The standard InChI is InChI=1S/C14H19NO4S2/c1-9-6-11(14(16)17)7-13(10(9)2)21(18,19)15-12-4-3-5-20-8-12/h6-7,12,15H,3-5,8H2,1-2H3,(H,16,17). The molecule has 0 radical (unpaired) electrons. The zero-order valence-electron chi connectivity index (χ0n) is 12.0. The van der Waals surface area contributed by atoms with Gasteiger partial charge < -0.3 is 5.11 Å². The molecule has 1 atom stereocenters. The monoisotopic (exact) mass is 329 g/mol. The molecule has 0 amide bonds. The van der Waals surface area contributed by atoms with Crippen molar-refractivity contribution in [3.05, 3.63) is 28.8 Å². The van der Waals surface area contributed by atoms with E-state index in [9.17, 15) is 13.2 Å². The van der Waals surface area contributed by atoms with Gasteiger partial charge in [0.2, 0.25) is 10.0 Å². The highest BCUT2D eigenvalue weighted by Crippen LogP contribution is 2.24. The second-order valence-electron chi connectivity index (χ2n) is 5.26. The van der Waals surface area contributed by atoms with Gasteiger partial charge in [-0.3, -0.25) is 0 Å². The Morgan fingerprint density at radius 2 is 2.10 bits per heavy atom. The Morgan fingerprint density at radius 3 is 2.67 bits per heavy atom. The van der Waals surface area contributed by atoms with Crippen LogP contribution in [0, 0.1) is 13.8 Å². The number of carboxylic acids is 1. The molecule has 0 saturated carbocycles. The third-order valence-corrected chi connectivity index (χ3v) is 6.50. The minimum Gasteiger partial charge on any atom is -0.478 e. The van der Waals surface area contributed by atoms with E-state index in [0.717, 1.165) is 24.3 Å². The third-order valence-electron chi connectivity index (χ3n) is 3.64. The summed E-state index contributed by atoms with van der Waals surface area (Å²) in [5.74, 6) is 0.698. The number of nitrogens with one attached hydrogen (secondary N) is 1. The number of hydrogen-bond acceptors (Lipinski definition) is 4. The van der Waals surface area contributed by atoms with Crippen LogP contribution in [0.15, 0.2) is 17.0 Å². The van der Waals surface area contributed by atoms with Gasteiger partial charge in [-0.05, 0) is 55.7 Å². The van der Waals surface area contributed by atoms with Gasteiger partial charge in [-0.2, -0.15) is 11.8 Å². The van der Waals surface area contributed by atoms with E-state index in [-0.39, 0.29) is 16.5 Å². The average Bonchev–Trinajstić information content (AvgIpc) is 2.41. The summed E-state index contributed by atoms with van der Waals surface area (Å²) in [6.07, 6.45) is 1.81. The van der Waals surface area contributed by atoms with Crippen LogP contribution >= 0.6 is 11.8 Å². The Morgan fingerprint density at radius 1 is 1.38 bits per heavy atom. The molecule has 1 saturated heterocycles. The van der Waals surface area contributed by atoms with Crippen molar-refractivity contribution in [2.45, 2.75) is 37.6 Å². The molecule has 1 heterocycles. The second-order valence-corrected chi connectivity index (χ2v) is 8.09. The zero-order valence-corrected chi connectivity index (χ0v) is 13.7. The average molecular weight is 329 g/mol. The lowest BCUT2D eigenvalue weighted by molar-refractivity contribution is 0.0696. The minimum absolute atomic E-state index is 0.00325. The van der Waals surface area contributed by atoms with E-state index in [0.29, 0.717) is 11.1 Å². The normalized spacial score (nSPS) is 19.4. The van der Waals surface area contributed by atoms with Crippen molar-refractivity contribution >= 4 is 27.8 Å². The molecule has 116 valence electrons. The van der Waals surface area contributed by atoms with Gasteiger partial charge in [0, 0.05) is 11.8 Å². The van der Waals surface area contributed by atoms with Crippen molar-refractivity contribution in [3.8, 4) is 0 Å². The van der Waals surface area contributed by atoms with Gasteiger partial charge in [-0.1, -0.05) is 0 Å². The van der Waals surface area contributed by atoms with Crippen LogP contribution in [0.4, 0.5) is 0 Å². The van der Waals surface area contributed by atoms with E-state index in [4.69, 9.17) is 5.11 Å².